The van der Waals surface area contributed by atoms with Crippen molar-refractivity contribution in [3.63, 3.8) is 0 Å². The maximum absolute atomic E-state index is 12.2. The van der Waals surface area contributed by atoms with Gasteiger partial charge in [0.1, 0.15) is 0 Å². The van der Waals surface area contributed by atoms with Crippen LogP contribution in [0.2, 0.25) is 0 Å². The van der Waals surface area contributed by atoms with Crippen molar-refractivity contribution in [2.24, 2.45) is 5.92 Å². The van der Waals surface area contributed by atoms with E-state index in [2.05, 4.69) is 5.32 Å². The number of hydrogen-bond acceptors (Lipinski definition) is 5. The normalized spacial score (nSPS) is 10.6. The molecule has 1 amide bonds. The van der Waals surface area contributed by atoms with Crippen molar-refractivity contribution < 1.29 is 23.9 Å². The second-order valence-corrected chi connectivity index (χ2v) is 4.72. The lowest BCUT2D eigenvalue weighted by molar-refractivity contribution is -0.160. The van der Waals surface area contributed by atoms with Crippen LogP contribution in [-0.2, 0) is 23.9 Å². The summed E-state index contributed by atoms with van der Waals surface area (Å²) >= 11 is 0. The molecule has 0 spiro atoms. The van der Waals surface area contributed by atoms with Gasteiger partial charge in [-0.05, 0) is 26.7 Å². The quantitative estimate of drug-likeness (QED) is 0.491. The van der Waals surface area contributed by atoms with Gasteiger partial charge in [-0.2, -0.15) is 0 Å². The van der Waals surface area contributed by atoms with Gasteiger partial charge in [-0.15, -0.1) is 0 Å². The minimum absolute atomic E-state index is 0.137. The van der Waals surface area contributed by atoms with E-state index >= 15 is 0 Å². The second-order valence-electron chi connectivity index (χ2n) is 4.72. The maximum atomic E-state index is 12.2. The highest BCUT2D eigenvalue weighted by Gasteiger charge is 2.32. The average molecular weight is 301 g/mol. The van der Waals surface area contributed by atoms with Crippen molar-refractivity contribution in [1.82, 2.24) is 5.32 Å². The first-order valence-electron chi connectivity index (χ1n) is 7.65. The van der Waals surface area contributed by atoms with E-state index < -0.39 is 18.0 Å². The van der Waals surface area contributed by atoms with Crippen LogP contribution in [0.15, 0.2) is 0 Å². The van der Waals surface area contributed by atoms with E-state index in [9.17, 15) is 14.4 Å². The van der Waals surface area contributed by atoms with Gasteiger partial charge in [0.2, 0.25) is 11.9 Å². The molecule has 0 fully saturated rings. The van der Waals surface area contributed by atoms with Crippen LogP contribution in [0.4, 0.5) is 0 Å². The molecule has 0 atom stereocenters. The third kappa shape index (κ3) is 7.11. The topological polar surface area (TPSA) is 81.7 Å². The van der Waals surface area contributed by atoms with E-state index in [1.54, 1.807) is 13.8 Å². The Morgan fingerprint density at radius 3 is 1.62 bits per heavy atom. The van der Waals surface area contributed by atoms with E-state index in [4.69, 9.17) is 9.47 Å². The van der Waals surface area contributed by atoms with Gasteiger partial charge < -0.3 is 14.8 Å². The van der Waals surface area contributed by atoms with Crippen LogP contribution in [0.5, 0.6) is 0 Å². The van der Waals surface area contributed by atoms with Gasteiger partial charge >= 0.3 is 11.9 Å². The Bertz CT molecular complexity index is 319. The molecule has 0 aliphatic heterocycles. The summed E-state index contributed by atoms with van der Waals surface area (Å²) in [4.78, 5) is 35.8. The third-order valence-electron chi connectivity index (χ3n) is 2.98. The van der Waals surface area contributed by atoms with Crippen molar-refractivity contribution in [1.29, 1.82) is 0 Å². The van der Waals surface area contributed by atoms with E-state index in [0.29, 0.717) is 0 Å². The minimum atomic E-state index is -1.38. The molecule has 0 radical (unpaired) electrons. The van der Waals surface area contributed by atoms with Gasteiger partial charge in [0, 0.05) is 5.92 Å². The molecule has 0 saturated heterocycles. The molecule has 0 bridgehead atoms. The third-order valence-corrected chi connectivity index (χ3v) is 2.98. The fourth-order valence-electron chi connectivity index (χ4n) is 2.03. The minimum Gasteiger partial charge on any atom is -0.464 e. The molecule has 6 nitrogen and oxygen atoms in total. The molecule has 1 N–H and O–H groups in total. The van der Waals surface area contributed by atoms with Gasteiger partial charge in [-0.1, -0.05) is 26.7 Å². The largest absolute Gasteiger partial charge is 0.464 e. The van der Waals surface area contributed by atoms with Crippen LogP contribution < -0.4 is 5.32 Å². The predicted octanol–water partition coefficient (Wildman–Crippen LogP) is 1.81. The number of hydrogen-bond donors (Lipinski definition) is 1. The molecule has 0 aromatic heterocycles. The molecule has 0 aromatic carbocycles. The lowest BCUT2D eigenvalue weighted by atomic mass is 9.97. The molecule has 6 heteroatoms. The molecular formula is C15H27NO5. The molecule has 0 rings (SSSR count). The molecule has 0 unspecified atom stereocenters. The van der Waals surface area contributed by atoms with Crippen LogP contribution in [-0.4, -0.2) is 37.1 Å². The first-order valence-corrected chi connectivity index (χ1v) is 7.65. The number of nitrogens with one attached hydrogen (secondary N) is 1. The van der Waals surface area contributed by atoms with Gasteiger partial charge in [0.15, 0.2) is 0 Å². The lowest BCUT2D eigenvalue weighted by Crippen LogP contribution is -2.50. The standard InChI is InChI=1S/C15H27NO5/c1-5-9-11(10-6-2)13(17)16-12(14(18)20-7-3)15(19)21-8-4/h11-12H,5-10H2,1-4H3,(H,16,17). The Hall–Kier alpha value is -1.59. The zero-order valence-corrected chi connectivity index (χ0v) is 13.4. The van der Waals surface area contributed by atoms with Crippen molar-refractivity contribution in [2.45, 2.75) is 59.4 Å². The van der Waals surface area contributed by atoms with Crippen molar-refractivity contribution in [3.05, 3.63) is 0 Å². The average Bonchev–Trinajstić information content (AvgIpc) is 2.44. The summed E-state index contributed by atoms with van der Waals surface area (Å²) in [7, 11) is 0. The summed E-state index contributed by atoms with van der Waals surface area (Å²) in [5.74, 6) is -2.07. The molecular weight excluding hydrogens is 274 g/mol. The number of carbonyl (C=O) groups is 3. The Labute approximate surface area is 126 Å². The first kappa shape index (κ1) is 19.4. The second kappa shape index (κ2) is 11.1. The van der Waals surface area contributed by atoms with Crippen LogP contribution in [0.3, 0.4) is 0 Å². The van der Waals surface area contributed by atoms with Crippen molar-refractivity contribution in [2.75, 3.05) is 13.2 Å². The number of carbonyl (C=O) groups excluding carboxylic acids is 3. The summed E-state index contributed by atoms with van der Waals surface area (Å²) < 4.78 is 9.64. The Morgan fingerprint density at radius 2 is 1.29 bits per heavy atom. The smallest absolute Gasteiger partial charge is 0.340 e. The summed E-state index contributed by atoms with van der Waals surface area (Å²) in [6.07, 6.45) is 3.17. The highest BCUT2D eigenvalue weighted by atomic mass is 16.6. The van der Waals surface area contributed by atoms with Gasteiger partial charge in [-0.3, -0.25) is 4.79 Å². The number of rotatable bonds is 10. The van der Waals surface area contributed by atoms with E-state index in [1.807, 2.05) is 13.8 Å². The van der Waals surface area contributed by atoms with Crippen LogP contribution in [0.25, 0.3) is 0 Å². The molecule has 122 valence electrons. The van der Waals surface area contributed by atoms with Gasteiger partial charge in [0.25, 0.3) is 0 Å². The van der Waals surface area contributed by atoms with E-state index in [0.717, 1.165) is 25.7 Å². The zero-order chi connectivity index (χ0) is 16.3. The van der Waals surface area contributed by atoms with Gasteiger partial charge in [-0.25, -0.2) is 9.59 Å². The molecule has 0 saturated carbocycles. The fourth-order valence-corrected chi connectivity index (χ4v) is 2.03. The van der Waals surface area contributed by atoms with Crippen LogP contribution in [0.1, 0.15) is 53.4 Å². The molecule has 0 aliphatic carbocycles. The number of ether oxygens (including phenoxy) is 2. The van der Waals surface area contributed by atoms with E-state index in [1.165, 1.54) is 0 Å². The molecule has 0 aliphatic rings. The maximum Gasteiger partial charge on any atom is 0.340 e. The summed E-state index contributed by atoms with van der Waals surface area (Å²) in [5, 5.41) is 2.47. The number of esters is 2. The highest BCUT2D eigenvalue weighted by molar-refractivity contribution is 6.02. The van der Waals surface area contributed by atoms with Gasteiger partial charge in [0.05, 0.1) is 13.2 Å². The zero-order valence-electron chi connectivity index (χ0n) is 13.4. The Morgan fingerprint density at radius 1 is 0.857 bits per heavy atom. The van der Waals surface area contributed by atoms with Crippen LogP contribution >= 0.6 is 0 Å². The Kier molecular flexibility index (Phi) is 10.3. The lowest BCUT2D eigenvalue weighted by Gasteiger charge is -2.20. The van der Waals surface area contributed by atoms with E-state index in [-0.39, 0.29) is 25.0 Å². The summed E-state index contributed by atoms with van der Waals surface area (Å²) in [6.45, 7) is 7.53. The summed E-state index contributed by atoms with van der Waals surface area (Å²) in [6, 6.07) is -1.38. The van der Waals surface area contributed by atoms with Crippen molar-refractivity contribution in [3.8, 4) is 0 Å². The Balaban J connectivity index is 4.87. The fraction of sp³-hybridized carbons (Fsp3) is 0.800. The first-order chi connectivity index (χ1) is 10.0. The predicted molar refractivity (Wildman–Crippen MR) is 78.5 cm³/mol. The number of amides is 1. The monoisotopic (exact) mass is 301 g/mol. The van der Waals surface area contributed by atoms with Crippen molar-refractivity contribution >= 4 is 17.8 Å². The van der Waals surface area contributed by atoms with Crippen LogP contribution in [0, 0.1) is 5.92 Å². The highest BCUT2D eigenvalue weighted by Crippen LogP contribution is 2.14. The molecule has 21 heavy (non-hydrogen) atoms. The molecule has 0 aromatic rings. The molecule has 0 heterocycles. The summed E-state index contributed by atoms with van der Waals surface area (Å²) in [5.41, 5.74) is 0. The SMILES string of the molecule is CCCC(CCC)C(=O)NC(C(=O)OCC)C(=O)OCC.